The molecule has 8 heterocycles. The lowest BCUT2D eigenvalue weighted by molar-refractivity contribution is 0.128. The van der Waals surface area contributed by atoms with E-state index in [4.69, 9.17) is 9.97 Å². The minimum absolute atomic E-state index is 0.561. The molecule has 0 saturated carbocycles. The van der Waals surface area contributed by atoms with Crippen molar-refractivity contribution in [1.29, 1.82) is 0 Å². The quantitative estimate of drug-likeness (QED) is 0.503. The number of hydrogen-bond donors (Lipinski definition) is 2. The Kier molecular flexibility index (Phi) is 7.07. The molecular weight excluding hydrogens is 448 g/mol. The van der Waals surface area contributed by atoms with E-state index >= 15 is 0 Å². The highest BCUT2D eigenvalue weighted by molar-refractivity contribution is 5.63. The summed E-state index contributed by atoms with van der Waals surface area (Å²) < 4.78 is 0. The van der Waals surface area contributed by atoms with E-state index in [1.54, 1.807) is 0 Å². The van der Waals surface area contributed by atoms with Crippen molar-refractivity contribution in [3.8, 4) is 11.3 Å². The van der Waals surface area contributed by atoms with E-state index in [9.17, 15) is 0 Å². The van der Waals surface area contributed by atoms with E-state index in [1.807, 2.05) is 18.5 Å². The lowest BCUT2D eigenvalue weighted by Crippen LogP contribution is -2.47. The van der Waals surface area contributed by atoms with Crippen LogP contribution in [0.1, 0.15) is 24.8 Å². The smallest absolute Gasteiger partial charge is 0.227 e. The van der Waals surface area contributed by atoms with Gasteiger partial charge < -0.3 is 15.5 Å². The van der Waals surface area contributed by atoms with E-state index in [0.717, 1.165) is 88.1 Å². The van der Waals surface area contributed by atoms with Crippen molar-refractivity contribution < 1.29 is 0 Å². The average molecular weight is 485 g/mol. The first kappa shape index (κ1) is 23.3. The Morgan fingerprint density at radius 3 is 2.64 bits per heavy atom. The van der Waals surface area contributed by atoms with Crippen molar-refractivity contribution in [2.75, 3.05) is 62.6 Å². The first-order valence-electron chi connectivity index (χ1n) is 13.4. The summed E-state index contributed by atoms with van der Waals surface area (Å²) in [7, 11) is 0. The maximum Gasteiger partial charge on any atom is 0.227 e. The third-order valence-electron chi connectivity index (χ3n) is 7.68. The van der Waals surface area contributed by atoms with Crippen molar-refractivity contribution in [3.63, 3.8) is 0 Å². The number of anilines is 3. The lowest BCUT2D eigenvalue weighted by atomic mass is 10.1. The van der Waals surface area contributed by atoms with Crippen LogP contribution in [0.4, 0.5) is 17.5 Å². The van der Waals surface area contributed by atoms with Crippen LogP contribution in [-0.2, 0) is 6.54 Å². The standard InChI is InChI=1S/C28H36N8/c1-3-22-19-24(4-1)32-28-30-11-9-26(33-28)23-6-7-27(31-20-23)36-13-2-5-25(36)8-10-29-12-14-34-15-17-35(21-22)18-16-34/h1,3-4,6-7,9,11,19-20,25,29H,2,5,8,10,12-18,21H2,(H,30,32,33). The van der Waals surface area contributed by atoms with Crippen molar-refractivity contribution in [2.45, 2.75) is 31.8 Å². The van der Waals surface area contributed by atoms with Gasteiger partial charge in [0.1, 0.15) is 5.82 Å². The molecule has 8 nitrogen and oxygen atoms in total. The normalized spacial score (nSPS) is 24.8. The number of nitrogens with zero attached hydrogens (tertiary/aromatic N) is 6. The molecule has 6 aliphatic heterocycles. The fraction of sp³-hybridized carbons (Fsp3) is 0.464. The number of nitrogens with one attached hydrogen (secondary N) is 2. The molecule has 188 valence electrons. The van der Waals surface area contributed by atoms with Gasteiger partial charge in [0, 0.05) is 82.0 Å². The van der Waals surface area contributed by atoms with Gasteiger partial charge in [0.05, 0.1) is 5.69 Å². The molecule has 1 unspecified atom stereocenters. The fourth-order valence-electron chi connectivity index (χ4n) is 5.66. The maximum atomic E-state index is 4.84. The van der Waals surface area contributed by atoms with Crippen LogP contribution < -0.4 is 15.5 Å². The van der Waals surface area contributed by atoms with Gasteiger partial charge in [0.15, 0.2) is 0 Å². The van der Waals surface area contributed by atoms with Gasteiger partial charge in [0.2, 0.25) is 5.95 Å². The minimum Gasteiger partial charge on any atom is -0.354 e. The van der Waals surface area contributed by atoms with Gasteiger partial charge in [0.25, 0.3) is 0 Å². The van der Waals surface area contributed by atoms with Gasteiger partial charge in [-0.15, -0.1) is 0 Å². The topological polar surface area (TPSA) is 72.4 Å². The van der Waals surface area contributed by atoms with Gasteiger partial charge in [-0.3, -0.25) is 9.80 Å². The van der Waals surface area contributed by atoms with Crippen LogP contribution >= 0.6 is 0 Å². The summed E-state index contributed by atoms with van der Waals surface area (Å²) in [5.41, 5.74) is 4.21. The molecule has 1 aromatic carbocycles. The van der Waals surface area contributed by atoms with Crippen molar-refractivity contribution in [1.82, 2.24) is 30.1 Å². The van der Waals surface area contributed by atoms with Crippen LogP contribution in [-0.4, -0.2) is 83.2 Å². The Morgan fingerprint density at radius 1 is 0.833 bits per heavy atom. The Labute approximate surface area is 213 Å². The number of pyridine rings is 1. The largest absolute Gasteiger partial charge is 0.354 e. The number of piperazine rings is 1. The zero-order valence-corrected chi connectivity index (χ0v) is 20.9. The van der Waals surface area contributed by atoms with Crippen LogP contribution in [0.2, 0.25) is 0 Å². The Balaban J connectivity index is 1.25. The van der Waals surface area contributed by atoms with Crippen molar-refractivity contribution in [3.05, 3.63) is 60.4 Å². The lowest BCUT2D eigenvalue weighted by Gasteiger charge is -2.34. The summed E-state index contributed by atoms with van der Waals surface area (Å²) >= 11 is 0. The van der Waals surface area contributed by atoms with Gasteiger partial charge in [-0.2, -0.15) is 0 Å². The predicted molar refractivity (Wildman–Crippen MR) is 145 cm³/mol. The number of rotatable bonds is 0. The Hall–Kier alpha value is -3.07. The van der Waals surface area contributed by atoms with Crippen molar-refractivity contribution in [2.24, 2.45) is 0 Å². The van der Waals surface area contributed by atoms with Gasteiger partial charge in [-0.25, -0.2) is 15.0 Å². The Bertz CT molecular complexity index is 1140. The summed E-state index contributed by atoms with van der Waals surface area (Å²) in [6.07, 6.45) is 7.41. The number of benzene rings is 1. The third-order valence-corrected chi connectivity index (χ3v) is 7.68. The van der Waals surface area contributed by atoms with E-state index in [0.29, 0.717) is 12.0 Å². The molecule has 2 aromatic heterocycles. The van der Waals surface area contributed by atoms with Gasteiger partial charge in [-0.05, 0) is 61.7 Å². The molecule has 0 radical (unpaired) electrons. The van der Waals surface area contributed by atoms with E-state index in [2.05, 4.69) is 66.7 Å². The summed E-state index contributed by atoms with van der Waals surface area (Å²) in [6, 6.07) is 15.4. The van der Waals surface area contributed by atoms with Crippen LogP contribution in [0.3, 0.4) is 0 Å². The molecule has 2 N–H and O–H groups in total. The summed E-state index contributed by atoms with van der Waals surface area (Å²) in [6.45, 7) is 9.81. The van der Waals surface area contributed by atoms with Crippen LogP contribution in [0.5, 0.6) is 0 Å². The molecule has 3 aromatic rings. The van der Waals surface area contributed by atoms with E-state index < -0.39 is 0 Å². The molecule has 1 atom stereocenters. The fourth-order valence-corrected chi connectivity index (χ4v) is 5.66. The molecule has 0 spiro atoms. The Morgan fingerprint density at radius 2 is 1.75 bits per heavy atom. The maximum absolute atomic E-state index is 4.84. The molecule has 2 fully saturated rings. The van der Waals surface area contributed by atoms with Crippen LogP contribution in [0.15, 0.2) is 54.9 Å². The van der Waals surface area contributed by atoms with Crippen molar-refractivity contribution >= 4 is 17.5 Å². The molecule has 9 rings (SSSR count). The highest BCUT2D eigenvalue weighted by Crippen LogP contribution is 2.27. The molecule has 8 heteroatoms. The predicted octanol–water partition coefficient (Wildman–Crippen LogP) is 3.36. The van der Waals surface area contributed by atoms with E-state index in [-0.39, 0.29) is 0 Å². The van der Waals surface area contributed by atoms with Gasteiger partial charge in [-0.1, -0.05) is 12.1 Å². The summed E-state index contributed by atoms with van der Waals surface area (Å²) in [5.74, 6) is 1.68. The second kappa shape index (κ2) is 10.9. The SMILES string of the molecule is c1cc2cc(c1)Nc1nccc(n1)-c1ccc(nc1)N1CCCC1CCNCCN1CCN(CC1)C2. The number of aromatic nitrogens is 3. The average Bonchev–Trinajstić information content (AvgIpc) is 3.38. The molecule has 2 saturated heterocycles. The zero-order chi connectivity index (χ0) is 24.2. The monoisotopic (exact) mass is 484 g/mol. The first-order valence-corrected chi connectivity index (χ1v) is 13.4. The number of hydrogen-bond acceptors (Lipinski definition) is 8. The zero-order valence-electron chi connectivity index (χ0n) is 20.9. The third kappa shape index (κ3) is 5.51. The minimum atomic E-state index is 0.561. The molecule has 0 aliphatic carbocycles. The summed E-state index contributed by atoms with van der Waals surface area (Å²) in [5, 5.41) is 7.11. The van der Waals surface area contributed by atoms with E-state index in [1.165, 1.54) is 18.4 Å². The van der Waals surface area contributed by atoms with Gasteiger partial charge >= 0.3 is 0 Å². The second-order valence-corrected chi connectivity index (χ2v) is 10.1. The molecule has 0 amide bonds. The summed E-state index contributed by atoms with van der Waals surface area (Å²) in [4.78, 5) is 21.7. The highest BCUT2D eigenvalue weighted by atomic mass is 15.3. The second-order valence-electron chi connectivity index (χ2n) is 10.1. The molecular formula is C28H36N8. The first-order chi connectivity index (χ1) is 17.8. The van der Waals surface area contributed by atoms with Crippen LogP contribution in [0, 0.1) is 0 Å². The van der Waals surface area contributed by atoms with Crippen LogP contribution in [0.25, 0.3) is 11.3 Å². The highest BCUT2D eigenvalue weighted by Gasteiger charge is 2.25. The molecule has 36 heavy (non-hydrogen) atoms. The molecule has 6 aliphatic rings. The molecule has 8 bridgehead atoms.